The van der Waals surface area contributed by atoms with Gasteiger partial charge < -0.3 is 19.1 Å². The number of Topliss-reactive ketones (excluding diaryl/α,β-unsaturated/α-hetero) is 1. The Morgan fingerprint density at radius 1 is 0.964 bits per heavy atom. The molecule has 0 unspecified atom stereocenters. The van der Waals surface area contributed by atoms with Gasteiger partial charge in [-0.1, -0.05) is 0 Å². The molecule has 1 aliphatic heterocycles. The molecule has 3 rings (SSSR count). The van der Waals surface area contributed by atoms with E-state index in [0.29, 0.717) is 30.0 Å². The molecule has 2 aromatic rings. The van der Waals surface area contributed by atoms with Crippen molar-refractivity contribution in [3.63, 3.8) is 0 Å². The molecule has 0 aliphatic carbocycles. The Hall–Kier alpha value is -3.35. The van der Waals surface area contributed by atoms with Gasteiger partial charge in [0.1, 0.15) is 0 Å². The van der Waals surface area contributed by atoms with E-state index >= 15 is 0 Å². The van der Waals surface area contributed by atoms with E-state index in [0.717, 1.165) is 12.1 Å². The molecule has 1 aliphatic rings. The van der Waals surface area contributed by atoms with Gasteiger partial charge in [-0.25, -0.2) is 4.79 Å². The first-order chi connectivity index (χ1) is 13.5. The Labute approximate surface area is 162 Å². The number of hydrogen-bond donors (Lipinski definition) is 0. The Bertz CT molecular complexity index is 890. The molecule has 0 radical (unpaired) electrons. The quantitative estimate of drug-likeness (QED) is 0.540. The van der Waals surface area contributed by atoms with Gasteiger partial charge in [0.15, 0.2) is 23.9 Å². The summed E-state index contributed by atoms with van der Waals surface area (Å²) in [5.74, 6) is 0.0201. The van der Waals surface area contributed by atoms with Crippen molar-refractivity contribution >= 4 is 23.3 Å². The van der Waals surface area contributed by atoms with Gasteiger partial charge in [0.2, 0.25) is 5.91 Å². The van der Waals surface area contributed by atoms with E-state index < -0.39 is 5.97 Å². The van der Waals surface area contributed by atoms with Gasteiger partial charge in [-0.05, 0) is 48.9 Å². The van der Waals surface area contributed by atoms with Crippen LogP contribution >= 0.6 is 0 Å². The molecule has 7 nitrogen and oxygen atoms in total. The van der Waals surface area contributed by atoms with Crippen molar-refractivity contribution < 1.29 is 28.6 Å². The molecular formula is C21H21NO6. The maximum absolute atomic E-state index is 12.3. The second-order valence-electron chi connectivity index (χ2n) is 6.26. The summed E-state index contributed by atoms with van der Waals surface area (Å²) in [5.41, 5.74) is 1.44. The van der Waals surface area contributed by atoms with E-state index in [2.05, 4.69) is 0 Å². The van der Waals surface area contributed by atoms with Crippen molar-refractivity contribution in [2.45, 2.75) is 12.8 Å². The van der Waals surface area contributed by atoms with Crippen molar-refractivity contribution in [3.05, 3.63) is 53.6 Å². The van der Waals surface area contributed by atoms with Crippen LogP contribution in [0.4, 0.5) is 5.69 Å². The van der Waals surface area contributed by atoms with Gasteiger partial charge in [0.05, 0.1) is 19.8 Å². The molecule has 0 saturated carbocycles. The van der Waals surface area contributed by atoms with Gasteiger partial charge in [0, 0.05) is 24.2 Å². The third-order valence-electron chi connectivity index (χ3n) is 4.53. The Balaban J connectivity index is 1.60. The fourth-order valence-electron chi connectivity index (χ4n) is 3.01. The van der Waals surface area contributed by atoms with E-state index in [1.165, 1.54) is 26.4 Å². The Morgan fingerprint density at radius 2 is 1.64 bits per heavy atom. The highest BCUT2D eigenvalue weighted by atomic mass is 16.5. The predicted molar refractivity (Wildman–Crippen MR) is 102 cm³/mol. The zero-order valence-electron chi connectivity index (χ0n) is 15.8. The Morgan fingerprint density at radius 3 is 2.25 bits per heavy atom. The average molecular weight is 383 g/mol. The van der Waals surface area contributed by atoms with Crippen LogP contribution in [0, 0.1) is 0 Å². The fourth-order valence-corrected chi connectivity index (χ4v) is 3.01. The third-order valence-corrected chi connectivity index (χ3v) is 4.53. The van der Waals surface area contributed by atoms with Crippen LogP contribution in [0.2, 0.25) is 0 Å². The molecule has 1 amide bonds. The summed E-state index contributed by atoms with van der Waals surface area (Å²) in [7, 11) is 2.97. The van der Waals surface area contributed by atoms with Crippen LogP contribution in [0.25, 0.3) is 0 Å². The molecule has 1 saturated heterocycles. The average Bonchev–Trinajstić information content (AvgIpc) is 3.17. The summed E-state index contributed by atoms with van der Waals surface area (Å²) in [6.45, 7) is 0.310. The maximum atomic E-state index is 12.3. The number of nitrogens with zero attached hydrogens (tertiary/aromatic N) is 1. The van der Waals surface area contributed by atoms with Crippen molar-refractivity contribution in [2.75, 3.05) is 32.3 Å². The lowest BCUT2D eigenvalue weighted by Gasteiger charge is -2.15. The number of methoxy groups -OCH3 is 2. The molecule has 28 heavy (non-hydrogen) atoms. The minimum absolute atomic E-state index is 0.0860. The smallest absolute Gasteiger partial charge is 0.338 e. The molecule has 1 fully saturated rings. The molecule has 146 valence electrons. The lowest BCUT2D eigenvalue weighted by Crippen LogP contribution is -2.23. The highest BCUT2D eigenvalue weighted by molar-refractivity contribution is 6.00. The minimum Gasteiger partial charge on any atom is -0.493 e. The molecule has 2 aromatic carbocycles. The summed E-state index contributed by atoms with van der Waals surface area (Å²) >= 11 is 0. The molecule has 0 atom stereocenters. The Kier molecular flexibility index (Phi) is 5.93. The largest absolute Gasteiger partial charge is 0.493 e. The summed E-state index contributed by atoms with van der Waals surface area (Å²) in [6, 6.07) is 11.3. The van der Waals surface area contributed by atoms with E-state index in [1.54, 1.807) is 35.2 Å². The number of hydrogen-bond acceptors (Lipinski definition) is 6. The molecule has 0 spiro atoms. The van der Waals surface area contributed by atoms with Crippen LogP contribution < -0.4 is 14.4 Å². The van der Waals surface area contributed by atoms with Crippen LogP contribution in [-0.4, -0.2) is 45.0 Å². The van der Waals surface area contributed by atoms with Crippen LogP contribution in [0.5, 0.6) is 11.5 Å². The topological polar surface area (TPSA) is 82.1 Å². The molecule has 1 heterocycles. The van der Waals surface area contributed by atoms with E-state index in [-0.39, 0.29) is 23.9 Å². The van der Waals surface area contributed by atoms with Crippen LogP contribution in [-0.2, 0) is 9.53 Å². The zero-order chi connectivity index (χ0) is 20.1. The SMILES string of the molecule is COc1ccc(C(=O)OCC(=O)c2ccc(N3CCCC3=O)cc2)cc1OC. The standard InChI is InChI=1S/C21H21NO6/c1-26-18-10-7-15(12-19(18)27-2)21(25)28-13-17(23)14-5-8-16(9-6-14)22-11-3-4-20(22)24/h5-10,12H,3-4,11,13H2,1-2H3. The van der Waals surface area contributed by atoms with E-state index in [9.17, 15) is 14.4 Å². The number of carbonyl (C=O) groups excluding carboxylic acids is 3. The zero-order valence-corrected chi connectivity index (χ0v) is 15.8. The lowest BCUT2D eigenvalue weighted by molar-refractivity contribution is -0.117. The van der Waals surface area contributed by atoms with Crippen molar-refractivity contribution in [1.82, 2.24) is 0 Å². The van der Waals surface area contributed by atoms with E-state index in [1.807, 2.05) is 0 Å². The monoisotopic (exact) mass is 383 g/mol. The van der Waals surface area contributed by atoms with Gasteiger partial charge >= 0.3 is 5.97 Å². The maximum Gasteiger partial charge on any atom is 0.338 e. The number of ether oxygens (including phenoxy) is 3. The summed E-state index contributed by atoms with van der Waals surface area (Å²) in [5, 5.41) is 0. The number of anilines is 1. The summed E-state index contributed by atoms with van der Waals surface area (Å²) in [4.78, 5) is 38.0. The van der Waals surface area contributed by atoms with Crippen LogP contribution in [0.3, 0.4) is 0 Å². The lowest BCUT2D eigenvalue weighted by atomic mass is 10.1. The second-order valence-corrected chi connectivity index (χ2v) is 6.26. The fraction of sp³-hybridized carbons (Fsp3) is 0.286. The van der Waals surface area contributed by atoms with Crippen molar-refractivity contribution in [2.24, 2.45) is 0 Å². The number of benzene rings is 2. The molecule has 0 N–H and O–H groups in total. The highest BCUT2D eigenvalue weighted by Crippen LogP contribution is 2.28. The summed E-state index contributed by atoms with van der Waals surface area (Å²) < 4.78 is 15.4. The molecule has 7 heteroatoms. The third kappa shape index (κ3) is 4.14. The van der Waals surface area contributed by atoms with Crippen LogP contribution in [0.15, 0.2) is 42.5 Å². The normalized spacial score (nSPS) is 13.4. The predicted octanol–water partition coefficient (Wildman–Crippen LogP) is 2.87. The molecule has 0 bridgehead atoms. The molecule has 0 aromatic heterocycles. The van der Waals surface area contributed by atoms with Gasteiger partial charge in [-0.15, -0.1) is 0 Å². The van der Waals surface area contributed by atoms with Gasteiger partial charge in [-0.2, -0.15) is 0 Å². The van der Waals surface area contributed by atoms with Gasteiger partial charge in [0.25, 0.3) is 0 Å². The number of ketones is 1. The first-order valence-electron chi connectivity index (χ1n) is 8.86. The van der Waals surface area contributed by atoms with Crippen LogP contribution in [0.1, 0.15) is 33.6 Å². The number of carbonyl (C=O) groups is 3. The number of rotatable bonds is 7. The van der Waals surface area contributed by atoms with E-state index in [4.69, 9.17) is 14.2 Å². The van der Waals surface area contributed by atoms with Gasteiger partial charge in [-0.3, -0.25) is 9.59 Å². The first-order valence-corrected chi connectivity index (χ1v) is 8.86. The first kappa shape index (κ1) is 19.4. The minimum atomic E-state index is -0.631. The number of amides is 1. The number of esters is 1. The van der Waals surface area contributed by atoms with Crippen molar-refractivity contribution in [1.29, 1.82) is 0 Å². The highest BCUT2D eigenvalue weighted by Gasteiger charge is 2.22. The van der Waals surface area contributed by atoms with Crippen molar-refractivity contribution in [3.8, 4) is 11.5 Å². The summed E-state index contributed by atoms with van der Waals surface area (Å²) in [6.07, 6.45) is 1.39. The molecular weight excluding hydrogens is 362 g/mol. The second kappa shape index (κ2) is 8.56.